The maximum absolute atomic E-state index is 5.46. The maximum Gasteiger partial charge on any atom is 0.0469 e. The zero-order valence-corrected chi connectivity index (χ0v) is 12.3. The van der Waals surface area contributed by atoms with Gasteiger partial charge in [-0.1, -0.05) is 6.07 Å². The Kier molecular flexibility index (Phi) is 5.04. The second-order valence-electron chi connectivity index (χ2n) is 6.35. The Morgan fingerprint density at radius 2 is 2.05 bits per heavy atom. The van der Waals surface area contributed by atoms with Crippen LogP contribution in [0.3, 0.4) is 0 Å². The van der Waals surface area contributed by atoms with Crippen molar-refractivity contribution in [2.24, 2.45) is 11.8 Å². The summed E-state index contributed by atoms with van der Waals surface area (Å²) in [5.74, 6) is 1.65. The van der Waals surface area contributed by atoms with Crippen molar-refractivity contribution < 1.29 is 4.74 Å². The standard InChI is InChI=1S/C17H26N2O/c1-2-8-18-17(5-1)12-16-4-3-9-19(14-16)13-15-6-10-20-11-7-15/h1-2,5,8,15-16H,3-4,6-7,9-14H2. The lowest BCUT2D eigenvalue weighted by Crippen LogP contribution is -2.40. The normalized spacial score (nSPS) is 25.7. The second kappa shape index (κ2) is 7.19. The molecule has 2 saturated heterocycles. The number of likely N-dealkylation sites (tertiary alicyclic amines) is 1. The summed E-state index contributed by atoms with van der Waals surface area (Å²) in [6.45, 7) is 5.76. The fourth-order valence-corrected chi connectivity index (χ4v) is 3.59. The van der Waals surface area contributed by atoms with Gasteiger partial charge in [0.25, 0.3) is 0 Å². The minimum absolute atomic E-state index is 0.790. The van der Waals surface area contributed by atoms with Gasteiger partial charge >= 0.3 is 0 Å². The summed E-state index contributed by atoms with van der Waals surface area (Å²) in [4.78, 5) is 7.17. The van der Waals surface area contributed by atoms with Gasteiger partial charge < -0.3 is 9.64 Å². The highest BCUT2D eigenvalue weighted by molar-refractivity contribution is 5.04. The van der Waals surface area contributed by atoms with Crippen LogP contribution in [0.2, 0.25) is 0 Å². The lowest BCUT2D eigenvalue weighted by molar-refractivity contribution is 0.0452. The largest absolute Gasteiger partial charge is 0.381 e. The van der Waals surface area contributed by atoms with Gasteiger partial charge in [0.1, 0.15) is 0 Å². The highest BCUT2D eigenvalue weighted by atomic mass is 16.5. The smallest absolute Gasteiger partial charge is 0.0469 e. The molecule has 0 bridgehead atoms. The van der Waals surface area contributed by atoms with Gasteiger partial charge in [-0.2, -0.15) is 0 Å². The SMILES string of the molecule is c1ccc(CC2CCCN(CC3CCOCC3)C2)nc1. The number of hydrogen-bond donors (Lipinski definition) is 0. The van der Waals surface area contributed by atoms with Gasteiger partial charge in [0.15, 0.2) is 0 Å². The Hall–Kier alpha value is -0.930. The van der Waals surface area contributed by atoms with Crippen LogP contribution in [0.15, 0.2) is 24.4 Å². The number of aromatic nitrogens is 1. The average molecular weight is 274 g/mol. The van der Waals surface area contributed by atoms with Crippen LogP contribution in [0.25, 0.3) is 0 Å². The molecule has 2 aliphatic heterocycles. The van der Waals surface area contributed by atoms with Crippen molar-refractivity contribution in [2.45, 2.75) is 32.1 Å². The molecule has 1 unspecified atom stereocenters. The molecule has 1 atom stereocenters. The molecule has 3 heteroatoms. The van der Waals surface area contributed by atoms with Crippen molar-refractivity contribution in [2.75, 3.05) is 32.8 Å². The molecule has 0 radical (unpaired) electrons. The van der Waals surface area contributed by atoms with Crippen molar-refractivity contribution in [3.05, 3.63) is 30.1 Å². The van der Waals surface area contributed by atoms with Gasteiger partial charge in [-0.05, 0) is 62.6 Å². The summed E-state index contributed by atoms with van der Waals surface area (Å²) in [5.41, 5.74) is 1.26. The summed E-state index contributed by atoms with van der Waals surface area (Å²) in [5, 5.41) is 0. The van der Waals surface area contributed by atoms with E-state index in [0.29, 0.717) is 0 Å². The predicted molar refractivity (Wildman–Crippen MR) is 80.6 cm³/mol. The predicted octanol–water partition coefficient (Wildman–Crippen LogP) is 2.76. The van der Waals surface area contributed by atoms with E-state index in [9.17, 15) is 0 Å². The van der Waals surface area contributed by atoms with Crippen LogP contribution < -0.4 is 0 Å². The first-order chi connectivity index (χ1) is 9.90. The first-order valence-electron chi connectivity index (χ1n) is 8.10. The molecular weight excluding hydrogens is 248 g/mol. The molecule has 1 aromatic rings. The third-order valence-electron chi connectivity index (χ3n) is 4.68. The molecule has 2 fully saturated rings. The Balaban J connectivity index is 1.48. The molecule has 3 nitrogen and oxygen atoms in total. The molecule has 0 spiro atoms. The second-order valence-corrected chi connectivity index (χ2v) is 6.35. The van der Waals surface area contributed by atoms with Crippen LogP contribution in [0.5, 0.6) is 0 Å². The molecule has 20 heavy (non-hydrogen) atoms. The summed E-state index contributed by atoms with van der Waals surface area (Å²) >= 11 is 0. The summed E-state index contributed by atoms with van der Waals surface area (Å²) in [6.07, 6.45) is 8.27. The van der Waals surface area contributed by atoms with E-state index in [0.717, 1.165) is 31.5 Å². The third kappa shape index (κ3) is 4.03. The molecule has 0 N–H and O–H groups in total. The van der Waals surface area contributed by atoms with Gasteiger partial charge in [0.2, 0.25) is 0 Å². The van der Waals surface area contributed by atoms with Crippen molar-refractivity contribution in [1.29, 1.82) is 0 Å². The summed E-state index contributed by atoms with van der Waals surface area (Å²) < 4.78 is 5.46. The summed E-state index contributed by atoms with van der Waals surface area (Å²) in [7, 11) is 0. The minimum Gasteiger partial charge on any atom is -0.381 e. The topological polar surface area (TPSA) is 25.4 Å². The van der Waals surface area contributed by atoms with Gasteiger partial charge in [-0.3, -0.25) is 4.98 Å². The van der Waals surface area contributed by atoms with Crippen LogP contribution in [0.1, 0.15) is 31.4 Å². The number of ether oxygens (including phenoxy) is 1. The molecule has 0 aliphatic carbocycles. The van der Waals surface area contributed by atoms with E-state index in [4.69, 9.17) is 4.74 Å². The summed E-state index contributed by atoms with van der Waals surface area (Å²) in [6, 6.07) is 6.27. The molecule has 0 saturated carbocycles. The van der Waals surface area contributed by atoms with E-state index in [2.05, 4.69) is 22.0 Å². The van der Waals surface area contributed by atoms with Crippen LogP contribution in [0, 0.1) is 11.8 Å². The number of hydrogen-bond acceptors (Lipinski definition) is 3. The minimum atomic E-state index is 0.790. The van der Waals surface area contributed by atoms with Crippen LogP contribution >= 0.6 is 0 Å². The molecule has 3 heterocycles. The van der Waals surface area contributed by atoms with E-state index in [1.54, 1.807) is 0 Å². The van der Waals surface area contributed by atoms with Gasteiger partial charge in [0.05, 0.1) is 0 Å². The number of rotatable bonds is 4. The first kappa shape index (κ1) is 14.0. The van der Waals surface area contributed by atoms with Crippen LogP contribution in [0.4, 0.5) is 0 Å². The molecule has 0 amide bonds. The highest BCUT2D eigenvalue weighted by Crippen LogP contribution is 2.23. The first-order valence-corrected chi connectivity index (χ1v) is 8.10. The van der Waals surface area contributed by atoms with Gasteiger partial charge in [-0.15, -0.1) is 0 Å². The number of pyridine rings is 1. The average Bonchev–Trinajstić information content (AvgIpc) is 2.50. The monoisotopic (exact) mass is 274 g/mol. The number of piperidine rings is 1. The molecule has 2 aliphatic rings. The fourth-order valence-electron chi connectivity index (χ4n) is 3.59. The molecule has 110 valence electrons. The van der Waals surface area contributed by atoms with Gasteiger partial charge in [-0.25, -0.2) is 0 Å². The Morgan fingerprint density at radius 1 is 1.15 bits per heavy atom. The Bertz CT molecular complexity index is 389. The van der Waals surface area contributed by atoms with Crippen molar-refractivity contribution >= 4 is 0 Å². The van der Waals surface area contributed by atoms with Crippen molar-refractivity contribution in [3.63, 3.8) is 0 Å². The molecular formula is C17H26N2O. The van der Waals surface area contributed by atoms with Crippen LogP contribution in [-0.4, -0.2) is 42.7 Å². The lowest BCUT2D eigenvalue weighted by atomic mass is 9.91. The third-order valence-corrected chi connectivity index (χ3v) is 4.68. The van der Waals surface area contributed by atoms with Crippen molar-refractivity contribution in [3.8, 4) is 0 Å². The van der Waals surface area contributed by atoms with E-state index in [1.807, 2.05) is 12.3 Å². The van der Waals surface area contributed by atoms with E-state index < -0.39 is 0 Å². The fraction of sp³-hybridized carbons (Fsp3) is 0.706. The van der Waals surface area contributed by atoms with E-state index in [1.165, 1.54) is 51.0 Å². The molecule has 1 aromatic heterocycles. The zero-order valence-electron chi connectivity index (χ0n) is 12.3. The quantitative estimate of drug-likeness (QED) is 0.844. The Labute approximate surface area is 122 Å². The lowest BCUT2D eigenvalue weighted by Gasteiger charge is -2.36. The number of nitrogens with zero attached hydrogens (tertiary/aromatic N) is 2. The molecule has 0 aromatic carbocycles. The maximum atomic E-state index is 5.46. The Morgan fingerprint density at radius 3 is 2.85 bits per heavy atom. The highest BCUT2D eigenvalue weighted by Gasteiger charge is 2.23. The van der Waals surface area contributed by atoms with E-state index >= 15 is 0 Å². The zero-order chi connectivity index (χ0) is 13.6. The van der Waals surface area contributed by atoms with Crippen LogP contribution in [-0.2, 0) is 11.2 Å². The molecule has 3 rings (SSSR count). The van der Waals surface area contributed by atoms with E-state index in [-0.39, 0.29) is 0 Å². The van der Waals surface area contributed by atoms with Crippen molar-refractivity contribution in [1.82, 2.24) is 9.88 Å². The van der Waals surface area contributed by atoms with Gasteiger partial charge in [0, 0.05) is 38.2 Å².